The van der Waals surface area contributed by atoms with Gasteiger partial charge < -0.3 is 20.6 Å². The first-order valence-corrected chi connectivity index (χ1v) is 5.95. The Bertz CT molecular complexity index is 661. The average molecular weight is 274 g/mol. The summed E-state index contributed by atoms with van der Waals surface area (Å²) in [5.41, 5.74) is 6.55. The molecule has 0 aliphatic heterocycles. The SMILES string of the molecule is Cc1ccc(NC(=O)c2ccc(CN)o2)cc1C(=O)O. The molecule has 6 nitrogen and oxygen atoms in total. The van der Waals surface area contributed by atoms with E-state index in [-0.39, 0.29) is 17.9 Å². The molecule has 0 aliphatic rings. The summed E-state index contributed by atoms with van der Waals surface area (Å²) >= 11 is 0. The fraction of sp³-hybridized carbons (Fsp3) is 0.143. The van der Waals surface area contributed by atoms with Gasteiger partial charge in [-0.25, -0.2) is 4.79 Å². The lowest BCUT2D eigenvalue weighted by atomic mass is 10.1. The molecule has 0 saturated carbocycles. The number of furan rings is 1. The number of aromatic carboxylic acids is 1. The van der Waals surface area contributed by atoms with Gasteiger partial charge in [0.15, 0.2) is 5.76 Å². The van der Waals surface area contributed by atoms with Crippen LogP contribution >= 0.6 is 0 Å². The van der Waals surface area contributed by atoms with Crippen molar-refractivity contribution in [3.63, 3.8) is 0 Å². The summed E-state index contributed by atoms with van der Waals surface area (Å²) in [5.74, 6) is -0.861. The van der Waals surface area contributed by atoms with E-state index < -0.39 is 11.9 Å². The molecule has 0 saturated heterocycles. The highest BCUT2D eigenvalue weighted by molar-refractivity contribution is 6.03. The van der Waals surface area contributed by atoms with Crippen molar-refractivity contribution < 1.29 is 19.1 Å². The number of carboxylic acid groups (broad SMARTS) is 1. The van der Waals surface area contributed by atoms with E-state index in [1.807, 2.05) is 0 Å². The summed E-state index contributed by atoms with van der Waals surface area (Å²) in [5, 5.41) is 11.6. The van der Waals surface area contributed by atoms with E-state index in [4.69, 9.17) is 15.3 Å². The molecule has 1 aromatic heterocycles. The van der Waals surface area contributed by atoms with Crippen molar-refractivity contribution in [3.05, 3.63) is 53.0 Å². The van der Waals surface area contributed by atoms with Crippen molar-refractivity contribution >= 4 is 17.6 Å². The molecule has 2 rings (SSSR count). The fourth-order valence-corrected chi connectivity index (χ4v) is 1.73. The third-order valence-corrected chi connectivity index (χ3v) is 2.81. The predicted octanol–water partition coefficient (Wildman–Crippen LogP) is 2.00. The third-order valence-electron chi connectivity index (χ3n) is 2.81. The second kappa shape index (κ2) is 5.58. The molecule has 1 amide bonds. The van der Waals surface area contributed by atoms with Crippen LogP contribution in [0.25, 0.3) is 0 Å². The molecule has 20 heavy (non-hydrogen) atoms. The number of amides is 1. The number of carbonyl (C=O) groups excluding carboxylic acids is 1. The van der Waals surface area contributed by atoms with E-state index in [0.717, 1.165) is 0 Å². The Morgan fingerprint density at radius 2 is 2.05 bits per heavy atom. The van der Waals surface area contributed by atoms with E-state index >= 15 is 0 Å². The van der Waals surface area contributed by atoms with Gasteiger partial charge in [-0.1, -0.05) is 6.07 Å². The number of hydrogen-bond acceptors (Lipinski definition) is 4. The lowest BCUT2D eigenvalue weighted by Gasteiger charge is -2.06. The average Bonchev–Trinajstić information content (AvgIpc) is 2.89. The minimum atomic E-state index is -1.04. The van der Waals surface area contributed by atoms with Gasteiger partial charge in [0.2, 0.25) is 0 Å². The molecule has 0 radical (unpaired) electrons. The van der Waals surface area contributed by atoms with Gasteiger partial charge >= 0.3 is 5.97 Å². The first kappa shape index (κ1) is 13.8. The minimum Gasteiger partial charge on any atom is -0.478 e. The Hall–Kier alpha value is -2.60. The smallest absolute Gasteiger partial charge is 0.336 e. The number of hydrogen-bond donors (Lipinski definition) is 3. The highest BCUT2D eigenvalue weighted by Crippen LogP contribution is 2.17. The van der Waals surface area contributed by atoms with Crippen molar-refractivity contribution in [2.45, 2.75) is 13.5 Å². The molecule has 1 heterocycles. The van der Waals surface area contributed by atoms with Crippen molar-refractivity contribution in [3.8, 4) is 0 Å². The van der Waals surface area contributed by atoms with Crippen LogP contribution < -0.4 is 11.1 Å². The molecular formula is C14H14N2O4. The van der Waals surface area contributed by atoms with Gasteiger partial charge in [-0.3, -0.25) is 4.79 Å². The van der Waals surface area contributed by atoms with Gasteiger partial charge in [0.1, 0.15) is 5.76 Å². The Morgan fingerprint density at radius 1 is 1.30 bits per heavy atom. The normalized spacial score (nSPS) is 10.3. The molecule has 104 valence electrons. The second-order valence-corrected chi connectivity index (χ2v) is 4.26. The van der Waals surface area contributed by atoms with E-state index in [1.165, 1.54) is 12.1 Å². The van der Waals surface area contributed by atoms with Crippen molar-refractivity contribution in [2.75, 3.05) is 5.32 Å². The fourth-order valence-electron chi connectivity index (χ4n) is 1.73. The largest absolute Gasteiger partial charge is 0.478 e. The van der Waals surface area contributed by atoms with Crippen LogP contribution in [0.4, 0.5) is 5.69 Å². The van der Waals surface area contributed by atoms with Gasteiger partial charge in [-0.2, -0.15) is 0 Å². The maximum Gasteiger partial charge on any atom is 0.336 e. The summed E-state index contributed by atoms with van der Waals surface area (Å²) in [4.78, 5) is 22.9. The number of aryl methyl sites for hydroxylation is 1. The van der Waals surface area contributed by atoms with Crippen LogP contribution in [0.1, 0.15) is 32.2 Å². The maximum absolute atomic E-state index is 11.9. The van der Waals surface area contributed by atoms with Crippen LogP contribution in [-0.4, -0.2) is 17.0 Å². The molecule has 6 heteroatoms. The van der Waals surface area contributed by atoms with Crippen LogP contribution in [0, 0.1) is 6.92 Å². The lowest BCUT2D eigenvalue weighted by Crippen LogP contribution is -2.12. The monoisotopic (exact) mass is 274 g/mol. The Morgan fingerprint density at radius 3 is 2.65 bits per heavy atom. The zero-order valence-electron chi connectivity index (χ0n) is 10.8. The van der Waals surface area contributed by atoms with Gasteiger partial charge in [0, 0.05) is 5.69 Å². The molecule has 1 aromatic carbocycles. The van der Waals surface area contributed by atoms with Crippen LogP contribution in [0.2, 0.25) is 0 Å². The topological polar surface area (TPSA) is 106 Å². The van der Waals surface area contributed by atoms with Crippen molar-refractivity contribution in [1.82, 2.24) is 0 Å². The first-order valence-electron chi connectivity index (χ1n) is 5.95. The van der Waals surface area contributed by atoms with E-state index in [2.05, 4.69) is 5.32 Å². The number of rotatable bonds is 4. The van der Waals surface area contributed by atoms with Gasteiger partial charge in [0.05, 0.1) is 12.1 Å². The second-order valence-electron chi connectivity index (χ2n) is 4.26. The van der Waals surface area contributed by atoms with E-state index in [0.29, 0.717) is 17.0 Å². The summed E-state index contributed by atoms with van der Waals surface area (Å²) in [7, 11) is 0. The molecule has 0 bridgehead atoms. The Kier molecular flexibility index (Phi) is 3.86. The Labute approximate surface area is 115 Å². The highest BCUT2D eigenvalue weighted by Gasteiger charge is 2.13. The Balaban J connectivity index is 2.19. The number of carbonyl (C=O) groups is 2. The van der Waals surface area contributed by atoms with Crippen LogP contribution in [0.3, 0.4) is 0 Å². The molecule has 2 aromatic rings. The van der Waals surface area contributed by atoms with Crippen LogP contribution in [0.5, 0.6) is 0 Å². The zero-order chi connectivity index (χ0) is 14.7. The molecular weight excluding hydrogens is 260 g/mol. The first-order chi connectivity index (χ1) is 9.51. The molecule has 0 atom stereocenters. The number of carboxylic acids is 1. The molecule has 4 N–H and O–H groups in total. The lowest BCUT2D eigenvalue weighted by molar-refractivity contribution is 0.0695. The van der Waals surface area contributed by atoms with Crippen molar-refractivity contribution in [1.29, 1.82) is 0 Å². The van der Waals surface area contributed by atoms with E-state index in [1.54, 1.807) is 25.1 Å². The number of benzene rings is 1. The third kappa shape index (κ3) is 2.86. The summed E-state index contributed by atoms with van der Waals surface area (Å²) in [6.07, 6.45) is 0. The van der Waals surface area contributed by atoms with E-state index in [9.17, 15) is 9.59 Å². The molecule has 0 unspecified atom stereocenters. The minimum absolute atomic E-state index is 0.128. The number of nitrogens with two attached hydrogens (primary N) is 1. The zero-order valence-corrected chi connectivity index (χ0v) is 10.8. The summed E-state index contributed by atoms with van der Waals surface area (Å²) in [6.45, 7) is 1.90. The molecule has 0 fully saturated rings. The van der Waals surface area contributed by atoms with Gasteiger partial charge in [-0.15, -0.1) is 0 Å². The van der Waals surface area contributed by atoms with Gasteiger partial charge in [-0.05, 0) is 36.8 Å². The standard InChI is InChI=1S/C14H14N2O4/c1-8-2-3-9(6-11(8)14(18)19)16-13(17)12-5-4-10(7-15)20-12/h2-6H,7,15H2,1H3,(H,16,17)(H,18,19). The predicted molar refractivity (Wildman–Crippen MR) is 72.7 cm³/mol. The highest BCUT2D eigenvalue weighted by atomic mass is 16.4. The van der Waals surface area contributed by atoms with Gasteiger partial charge in [0.25, 0.3) is 5.91 Å². The molecule has 0 spiro atoms. The maximum atomic E-state index is 11.9. The van der Waals surface area contributed by atoms with Crippen LogP contribution in [0.15, 0.2) is 34.7 Å². The van der Waals surface area contributed by atoms with Crippen LogP contribution in [-0.2, 0) is 6.54 Å². The van der Waals surface area contributed by atoms with Crippen molar-refractivity contribution in [2.24, 2.45) is 5.73 Å². The number of nitrogens with one attached hydrogen (secondary N) is 1. The molecule has 0 aliphatic carbocycles. The summed E-state index contributed by atoms with van der Waals surface area (Å²) < 4.78 is 5.21. The quantitative estimate of drug-likeness (QED) is 0.790. The summed E-state index contributed by atoms with van der Waals surface area (Å²) in [6, 6.07) is 7.80. The number of anilines is 1.